The van der Waals surface area contributed by atoms with Crippen molar-refractivity contribution >= 4 is 33.5 Å². The van der Waals surface area contributed by atoms with Gasteiger partial charge in [-0.15, -0.1) is 0 Å². The Balaban J connectivity index is 2.09. The molecule has 108 valence electrons. The van der Waals surface area contributed by atoms with E-state index in [4.69, 9.17) is 5.73 Å². The van der Waals surface area contributed by atoms with Gasteiger partial charge < -0.3 is 10.3 Å². The van der Waals surface area contributed by atoms with Crippen LogP contribution in [0.3, 0.4) is 0 Å². The van der Waals surface area contributed by atoms with Crippen molar-refractivity contribution in [3.05, 3.63) is 68.4 Å². The SMILES string of the molecule is Cc1c(C)n(Cc2ccc(I)cc2)c2ccc(CN)cc12. The van der Waals surface area contributed by atoms with Crippen LogP contribution in [0.2, 0.25) is 0 Å². The number of halogens is 1. The summed E-state index contributed by atoms with van der Waals surface area (Å²) in [6.07, 6.45) is 0. The van der Waals surface area contributed by atoms with Crippen molar-refractivity contribution < 1.29 is 0 Å². The fourth-order valence-electron chi connectivity index (χ4n) is 2.80. The number of fused-ring (bicyclic) bond motifs is 1. The molecule has 0 saturated heterocycles. The number of benzene rings is 2. The first kappa shape index (κ1) is 14.6. The smallest absolute Gasteiger partial charge is 0.0488 e. The number of hydrogen-bond donors (Lipinski definition) is 1. The molecule has 0 amide bonds. The zero-order chi connectivity index (χ0) is 15.0. The Hall–Kier alpha value is -1.33. The first-order valence-corrected chi connectivity index (χ1v) is 8.21. The van der Waals surface area contributed by atoms with Gasteiger partial charge in [0.15, 0.2) is 0 Å². The van der Waals surface area contributed by atoms with Crippen LogP contribution >= 0.6 is 22.6 Å². The van der Waals surface area contributed by atoms with Gasteiger partial charge in [0.1, 0.15) is 0 Å². The van der Waals surface area contributed by atoms with Gasteiger partial charge >= 0.3 is 0 Å². The third-order valence-electron chi connectivity index (χ3n) is 4.19. The summed E-state index contributed by atoms with van der Waals surface area (Å²) in [4.78, 5) is 0. The Kier molecular flexibility index (Phi) is 4.04. The van der Waals surface area contributed by atoms with E-state index in [9.17, 15) is 0 Å². The molecule has 0 spiro atoms. The molecule has 0 atom stereocenters. The molecule has 0 radical (unpaired) electrons. The summed E-state index contributed by atoms with van der Waals surface area (Å²) in [6.45, 7) is 5.90. The van der Waals surface area contributed by atoms with Gasteiger partial charge in [0.25, 0.3) is 0 Å². The van der Waals surface area contributed by atoms with E-state index in [0.29, 0.717) is 6.54 Å². The van der Waals surface area contributed by atoms with E-state index in [0.717, 1.165) is 6.54 Å². The van der Waals surface area contributed by atoms with Crippen LogP contribution in [0.4, 0.5) is 0 Å². The molecule has 3 heteroatoms. The second-order valence-electron chi connectivity index (χ2n) is 5.48. The molecule has 0 aliphatic rings. The summed E-state index contributed by atoms with van der Waals surface area (Å²) >= 11 is 2.34. The molecule has 3 aromatic rings. The summed E-state index contributed by atoms with van der Waals surface area (Å²) < 4.78 is 3.67. The zero-order valence-electron chi connectivity index (χ0n) is 12.4. The Morgan fingerprint density at radius 2 is 1.67 bits per heavy atom. The van der Waals surface area contributed by atoms with Crippen LogP contribution in [0.25, 0.3) is 10.9 Å². The van der Waals surface area contributed by atoms with E-state index in [1.165, 1.54) is 36.9 Å². The second kappa shape index (κ2) is 5.81. The fraction of sp³-hybridized carbons (Fsp3) is 0.222. The van der Waals surface area contributed by atoms with E-state index in [-0.39, 0.29) is 0 Å². The van der Waals surface area contributed by atoms with E-state index < -0.39 is 0 Å². The van der Waals surface area contributed by atoms with Crippen LogP contribution in [0.1, 0.15) is 22.4 Å². The molecule has 3 rings (SSSR count). The highest BCUT2D eigenvalue weighted by Crippen LogP contribution is 2.27. The van der Waals surface area contributed by atoms with Gasteiger partial charge in [0.2, 0.25) is 0 Å². The number of aryl methyl sites for hydroxylation is 1. The minimum Gasteiger partial charge on any atom is -0.340 e. The molecular weight excluding hydrogens is 371 g/mol. The predicted molar refractivity (Wildman–Crippen MR) is 97.6 cm³/mol. The Morgan fingerprint density at radius 3 is 2.33 bits per heavy atom. The quantitative estimate of drug-likeness (QED) is 0.662. The van der Waals surface area contributed by atoms with Crippen LogP contribution in [-0.4, -0.2) is 4.57 Å². The van der Waals surface area contributed by atoms with Gasteiger partial charge in [0, 0.05) is 33.3 Å². The van der Waals surface area contributed by atoms with Gasteiger partial charge in [-0.25, -0.2) is 0 Å². The first-order chi connectivity index (χ1) is 10.1. The van der Waals surface area contributed by atoms with Crippen LogP contribution in [-0.2, 0) is 13.1 Å². The van der Waals surface area contributed by atoms with Crippen LogP contribution in [0.15, 0.2) is 42.5 Å². The molecule has 0 unspecified atom stereocenters. The zero-order valence-corrected chi connectivity index (χ0v) is 14.5. The molecule has 0 fully saturated rings. The third-order valence-corrected chi connectivity index (χ3v) is 4.91. The van der Waals surface area contributed by atoms with Crippen molar-refractivity contribution in [3.63, 3.8) is 0 Å². The molecule has 2 N–H and O–H groups in total. The molecule has 0 bridgehead atoms. The van der Waals surface area contributed by atoms with Crippen LogP contribution < -0.4 is 5.73 Å². The average molecular weight is 390 g/mol. The predicted octanol–water partition coefficient (Wildman–Crippen LogP) is 4.37. The molecule has 1 heterocycles. The topological polar surface area (TPSA) is 30.9 Å². The lowest BCUT2D eigenvalue weighted by atomic mass is 10.1. The third kappa shape index (κ3) is 2.72. The lowest BCUT2D eigenvalue weighted by Crippen LogP contribution is -2.02. The minimum atomic E-state index is 0.594. The highest BCUT2D eigenvalue weighted by molar-refractivity contribution is 14.1. The summed E-state index contributed by atoms with van der Waals surface area (Å²) in [5.74, 6) is 0. The van der Waals surface area contributed by atoms with Crippen LogP contribution in [0, 0.1) is 17.4 Å². The van der Waals surface area contributed by atoms with Crippen molar-refractivity contribution in [1.82, 2.24) is 4.57 Å². The summed E-state index contributed by atoms with van der Waals surface area (Å²) in [5.41, 5.74) is 12.3. The normalized spacial score (nSPS) is 11.2. The summed E-state index contributed by atoms with van der Waals surface area (Å²) in [7, 11) is 0. The van der Waals surface area contributed by atoms with E-state index in [1.54, 1.807) is 0 Å². The number of aromatic nitrogens is 1. The number of nitrogens with zero attached hydrogens (tertiary/aromatic N) is 1. The Labute approximate surface area is 139 Å². The van der Waals surface area contributed by atoms with Crippen molar-refractivity contribution in [2.24, 2.45) is 5.73 Å². The van der Waals surface area contributed by atoms with Gasteiger partial charge in [-0.3, -0.25) is 0 Å². The Morgan fingerprint density at radius 1 is 1.00 bits per heavy atom. The maximum atomic E-state index is 5.77. The molecule has 1 aromatic heterocycles. The fourth-order valence-corrected chi connectivity index (χ4v) is 3.16. The Bertz CT molecular complexity index is 785. The van der Waals surface area contributed by atoms with E-state index in [2.05, 4.69) is 83.5 Å². The molecule has 2 nitrogen and oxygen atoms in total. The molecule has 21 heavy (non-hydrogen) atoms. The largest absolute Gasteiger partial charge is 0.340 e. The van der Waals surface area contributed by atoms with Crippen molar-refractivity contribution in [2.75, 3.05) is 0 Å². The number of hydrogen-bond acceptors (Lipinski definition) is 1. The van der Waals surface area contributed by atoms with Gasteiger partial charge in [-0.05, 0) is 77.4 Å². The average Bonchev–Trinajstić information content (AvgIpc) is 2.74. The lowest BCUT2D eigenvalue weighted by molar-refractivity contribution is 0.800. The first-order valence-electron chi connectivity index (χ1n) is 7.13. The minimum absolute atomic E-state index is 0.594. The van der Waals surface area contributed by atoms with Crippen molar-refractivity contribution in [1.29, 1.82) is 0 Å². The van der Waals surface area contributed by atoms with Crippen molar-refractivity contribution in [2.45, 2.75) is 26.9 Å². The van der Waals surface area contributed by atoms with E-state index >= 15 is 0 Å². The van der Waals surface area contributed by atoms with Crippen LogP contribution in [0.5, 0.6) is 0 Å². The maximum absolute atomic E-state index is 5.77. The molecule has 0 aliphatic heterocycles. The van der Waals surface area contributed by atoms with Gasteiger partial charge in [-0.1, -0.05) is 18.2 Å². The second-order valence-corrected chi connectivity index (χ2v) is 6.72. The highest BCUT2D eigenvalue weighted by atomic mass is 127. The maximum Gasteiger partial charge on any atom is 0.0488 e. The van der Waals surface area contributed by atoms with Crippen molar-refractivity contribution in [3.8, 4) is 0 Å². The standard InChI is InChI=1S/C18H19IN2/c1-12-13(2)21(11-14-3-6-16(19)7-4-14)18-8-5-15(10-20)9-17(12)18/h3-9H,10-11,20H2,1-2H3. The summed E-state index contributed by atoms with van der Waals surface area (Å²) in [6, 6.07) is 15.3. The highest BCUT2D eigenvalue weighted by Gasteiger charge is 2.11. The monoisotopic (exact) mass is 390 g/mol. The number of nitrogens with two attached hydrogens (primary N) is 1. The molecule has 0 aliphatic carbocycles. The summed E-state index contributed by atoms with van der Waals surface area (Å²) in [5, 5.41) is 1.32. The van der Waals surface area contributed by atoms with Gasteiger partial charge in [-0.2, -0.15) is 0 Å². The van der Waals surface area contributed by atoms with E-state index in [1.807, 2.05) is 0 Å². The van der Waals surface area contributed by atoms with Gasteiger partial charge in [0.05, 0.1) is 0 Å². The lowest BCUT2D eigenvalue weighted by Gasteiger charge is -2.09. The molecule has 0 saturated carbocycles. The molecule has 2 aromatic carbocycles. The molecular formula is C18H19IN2. The number of rotatable bonds is 3.